The molecular weight excluding hydrogens is 357 g/mol. The van der Waals surface area contributed by atoms with Gasteiger partial charge in [-0.15, -0.1) is 0 Å². The van der Waals surface area contributed by atoms with Crippen molar-refractivity contribution in [3.8, 4) is 22.9 Å². The maximum absolute atomic E-state index is 14.9. The van der Waals surface area contributed by atoms with Crippen LogP contribution in [0.2, 0.25) is 0 Å². The third kappa shape index (κ3) is 3.42. The number of aryl methyl sites for hydroxylation is 1. The molecule has 6 nitrogen and oxygen atoms in total. The second-order valence-electron chi connectivity index (χ2n) is 6.44. The van der Waals surface area contributed by atoms with Crippen molar-refractivity contribution in [3.05, 3.63) is 77.5 Å². The Bertz CT molecular complexity index is 1090. The third-order valence-electron chi connectivity index (χ3n) is 4.41. The first kappa shape index (κ1) is 17.7. The Morgan fingerprint density at radius 3 is 2.54 bits per heavy atom. The number of hydrogen-bond donors (Lipinski definition) is 2. The lowest BCUT2D eigenvalue weighted by Crippen LogP contribution is -2.08. The first-order valence-corrected chi connectivity index (χ1v) is 8.67. The highest BCUT2D eigenvalue weighted by atomic mass is 19.1. The monoisotopic (exact) mass is 375 g/mol. The topological polar surface area (TPSA) is 99.4 Å². The van der Waals surface area contributed by atoms with E-state index in [4.69, 9.17) is 16.2 Å². The molecule has 3 aromatic rings. The number of benzene rings is 2. The van der Waals surface area contributed by atoms with E-state index in [1.165, 1.54) is 6.07 Å². The summed E-state index contributed by atoms with van der Waals surface area (Å²) in [5.41, 5.74) is 16.0. The molecule has 7 heteroatoms. The molecule has 2 heterocycles. The zero-order valence-electron chi connectivity index (χ0n) is 15.1. The molecular formula is C21H18FN5O. The average molecular weight is 375 g/mol. The number of rotatable bonds is 4. The van der Waals surface area contributed by atoms with Gasteiger partial charge in [0.15, 0.2) is 11.6 Å². The van der Waals surface area contributed by atoms with Gasteiger partial charge in [0.05, 0.1) is 0 Å². The van der Waals surface area contributed by atoms with Crippen molar-refractivity contribution in [2.75, 3.05) is 5.73 Å². The fourth-order valence-electron chi connectivity index (χ4n) is 3.01. The Morgan fingerprint density at radius 2 is 1.86 bits per heavy atom. The van der Waals surface area contributed by atoms with Gasteiger partial charge in [-0.05, 0) is 60.0 Å². The van der Waals surface area contributed by atoms with Crippen molar-refractivity contribution in [1.82, 2.24) is 9.97 Å². The van der Waals surface area contributed by atoms with Crippen molar-refractivity contribution in [3.63, 3.8) is 0 Å². The molecule has 2 aromatic carbocycles. The van der Waals surface area contributed by atoms with Crippen LogP contribution in [0.25, 0.3) is 11.1 Å². The summed E-state index contributed by atoms with van der Waals surface area (Å²) < 4.78 is 20.5. The summed E-state index contributed by atoms with van der Waals surface area (Å²) in [5, 5.41) is 0. The van der Waals surface area contributed by atoms with Crippen molar-refractivity contribution < 1.29 is 9.13 Å². The molecule has 1 atom stereocenters. The van der Waals surface area contributed by atoms with Gasteiger partial charge < -0.3 is 16.2 Å². The van der Waals surface area contributed by atoms with E-state index in [0.717, 1.165) is 16.8 Å². The van der Waals surface area contributed by atoms with Crippen LogP contribution >= 0.6 is 0 Å². The van der Waals surface area contributed by atoms with Crippen molar-refractivity contribution >= 4 is 11.9 Å². The van der Waals surface area contributed by atoms with E-state index in [-0.39, 0.29) is 11.8 Å². The largest absolute Gasteiger partial charge is 0.421 e. The summed E-state index contributed by atoms with van der Waals surface area (Å²) in [6.07, 6.45) is 4.89. The summed E-state index contributed by atoms with van der Waals surface area (Å²) in [4.78, 5) is 12.6. The Morgan fingerprint density at radius 1 is 1.07 bits per heavy atom. The van der Waals surface area contributed by atoms with Crippen molar-refractivity contribution in [1.29, 1.82) is 0 Å². The van der Waals surface area contributed by atoms with E-state index in [9.17, 15) is 4.39 Å². The van der Waals surface area contributed by atoms with Crippen LogP contribution in [0.1, 0.15) is 17.3 Å². The molecule has 0 radical (unpaired) electrons. The average Bonchev–Trinajstić information content (AvgIpc) is 3.10. The number of aromatic nitrogens is 2. The van der Waals surface area contributed by atoms with Crippen LogP contribution in [0.4, 0.5) is 10.1 Å². The van der Waals surface area contributed by atoms with Crippen LogP contribution in [0.5, 0.6) is 11.8 Å². The van der Waals surface area contributed by atoms with Crippen molar-refractivity contribution in [2.45, 2.75) is 13.0 Å². The number of nitrogens with two attached hydrogens (primary N) is 2. The zero-order chi connectivity index (χ0) is 19.7. The molecule has 1 aromatic heterocycles. The van der Waals surface area contributed by atoms with E-state index in [2.05, 4.69) is 15.0 Å². The molecule has 4 rings (SSSR count). The van der Waals surface area contributed by atoms with Crippen molar-refractivity contribution in [2.24, 2.45) is 10.7 Å². The lowest BCUT2D eigenvalue weighted by Gasteiger charge is -2.17. The van der Waals surface area contributed by atoms with E-state index in [0.29, 0.717) is 16.9 Å². The first-order valence-electron chi connectivity index (χ1n) is 8.67. The van der Waals surface area contributed by atoms with Crippen LogP contribution < -0.4 is 16.2 Å². The molecule has 0 saturated carbocycles. The Hall–Kier alpha value is -3.74. The summed E-state index contributed by atoms with van der Waals surface area (Å²) >= 11 is 0. The van der Waals surface area contributed by atoms with Crippen LogP contribution in [0.3, 0.4) is 0 Å². The molecule has 0 amide bonds. The smallest absolute Gasteiger partial charge is 0.322 e. The Labute approximate surface area is 161 Å². The predicted molar refractivity (Wildman–Crippen MR) is 107 cm³/mol. The predicted octanol–water partition coefficient (Wildman–Crippen LogP) is 3.93. The minimum atomic E-state index is -0.547. The summed E-state index contributed by atoms with van der Waals surface area (Å²) in [5.74, 6) is -0.528. The lowest BCUT2D eigenvalue weighted by atomic mass is 9.93. The molecule has 4 N–H and O–H groups in total. The first-order chi connectivity index (χ1) is 13.5. The van der Waals surface area contributed by atoms with Gasteiger partial charge in [-0.3, -0.25) is 4.99 Å². The SMILES string of the molecule is Cc1ccnc(Oc2cc(-c3ccc(N)cc3)c(C3N=CC=C3N)cc2F)n1. The van der Waals surface area contributed by atoms with Gasteiger partial charge in [-0.1, -0.05) is 12.1 Å². The standard InChI is InChI=1S/C21H18FN5O/c1-12-6-8-26-21(27-12)28-19-11-15(13-2-4-14(23)5-3-13)16(10-17(19)22)20-18(24)7-9-25-20/h2-11,20H,23-24H2,1H3. The number of halogens is 1. The maximum atomic E-state index is 14.9. The number of ether oxygens (including phenoxy) is 1. The number of aliphatic imine (C=N–C) groups is 1. The number of nitrogen functional groups attached to an aromatic ring is 1. The highest BCUT2D eigenvalue weighted by molar-refractivity contribution is 5.79. The summed E-state index contributed by atoms with van der Waals surface area (Å²) in [7, 11) is 0. The molecule has 140 valence electrons. The highest BCUT2D eigenvalue weighted by Gasteiger charge is 2.23. The zero-order valence-corrected chi connectivity index (χ0v) is 15.1. The Kier molecular flexibility index (Phi) is 4.49. The van der Waals surface area contributed by atoms with Crippen LogP contribution in [-0.4, -0.2) is 16.2 Å². The summed E-state index contributed by atoms with van der Waals surface area (Å²) in [6.45, 7) is 1.81. The number of anilines is 1. The molecule has 28 heavy (non-hydrogen) atoms. The van der Waals surface area contributed by atoms with Gasteiger partial charge in [0.2, 0.25) is 0 Å². The fraction of sp³-hybridized carbons (Fsp3) is 0.0952. The maximum Gasteiger partial charge on any atom is 0.322 e. The van der Waals surface area contributed by atoms with Gasteiger partial charge in [0, 0.05) is 29.5 Å². The second kappa shape index (κ2) is 7.11. The molecule has 1 aliphatic rings. The molecule has 0 bridgehead atoms. The molecule has 0 fully saturated rings. The van der Waals surface area contributed by atoms with Gasteiger partial charge in [-0.25, -0.2) is 14.4 Å². The van der Waals surface area contributed by atoms with Crippen LogP contribution in [0.15, 0.2) is 65.4 Å². The Balaban J connectivity index is 1.83. The summed E-state index contributed by atoms with van der Waals surface area (Å²) in [6, 6.07) is 11.6. The normalized spacial score (nSPS) is 15.5. The van der Waals surface area contributed by atoms with E-state index in [1.807, 2.05) is 12.1 Å². The minimum Gasteiger partial charge on any atom is -0.421 e. The third-order valence-corrected chi connectivity index (χ3v) is 4.41. The molecule has 0 aliphatic carbocycles. The molecule has 0 spiro atoms. The molecule has 0 saturated heterocycles. The van der Waals surface area contributed by atoms with Gasteiger partial charge >= 0.3 is 6.01 Å². The number of hydrogen-bond acceptors (Lipinski definition) is 6. The van der Waals surface area contributed by atoms with Gasteiger partial charge in [-0.2, -0.15) is 0 Å². The quantitative estimate of drug-likeness (QED) is 0.673. The van der Waals surface area contributed by atoms with Crippen LogP contribution in [0, 0.1) is 12.7 Å². The van der Waals surface area contributed by atoms with Crippen LogP contribution in [-0.2, 0) is 0 Å². The van der Waals surface area contributed by atoms with E-state index >= 15 is 0 Å². The van der Waals surface area contributed by atoms with Gasteiger partial charge in [0.1, 0.15) is 6.04 Å². The second-order valence-corrected chi connectivity index (χ2v) is 6.44. The minimum absolute atomic E-state index is 0.0192. The number of nitrogens with zero attached hydrogens (tertiary/aromatic N) is 3. The molecule has 1 aliphatic heterocycles. The van der Waals surface area contributed by atoms with E-state index < -0.39 is 11.9 Å². The van der Waals surface area contributed by atoms with Gasteiger partial charge in [0.25, 0.3) is 0 Å². The fourth-order valence-corrected chi connectivity index (χ4v) is 3.01. The van der Waals surface area contributed by atoms with E-state index in [1.54, 1.807) is 49.7 Å². The number of allylic oxidation sites excluding steroid dienone is 1. The highest BCUT2D eigenvalue weighted by Crippen LogP contribution is 2.39. The lowest BCUT2D eigenvalue weighted by molar-refractivity contribution is 0.409. The molecule has 1 unspecified atom stereocenters.